The van der Waals surface area contributed by atoms with Crippen molar-refractivity contribution in [3.05, 3.63) is 24.0 Å². The molecule has 1 aromatic carbocycles. The first-order valence-corrected chi connectivity index (χ1v) is 12.2. The van der Waals surface area contributed by atoms with Gasteiger partial charge in [-0.05, 0) is 30.5 Å². The molecule has 0 aliphatic heterocycles. The highest BCUT2D eigenvalue weighted by atomic mass is 32.2. The molecule has 0 aliphatic rings. The van der Waals surface area contributed by atoms with Gasteiger partial charge >= 0.3 is 0 Å². The second-order valence-corrected chi connectivity index (χ2v) is 10.6. The number of aryl methyl sites for hydroxylation is 2. The summed E-state index contributed by atoms with van der Waals surface area (Å²) in [5.41, 5.74) is 1.47. The second kappa shape index (κ2) is 10.9. The summed E-state index contributed by atoms with van der Waals surface area (Å²) < 4.78 is 27.8. The van der Waals surface area contributed by atoms with E-state index in [-0.39, 0.29) is 10.8 Å². The number of rotatable bonds is 12. The molecule has 0 aliphatic carbocycles. The van der Waals surface area contributed by atoms with Crippen molar-refractivity contribution >= 4 is 27.0 Å². The lowest BCUT2D eigenvalue weighted by Crippen LogP contribution is -2.25. The number of aromatic nitrogens is 2. The summed E-state index contributed by atoms with van der Waals surface area (Å²) in [4.78, 5) is 16.9. The quantitative estimate of drug-likeness (QED) is 0.516. The molecule has 0 unspecified atom stereocenters. The normalized spacial score (nSPS) is 12.2. The van der Waals surface area contributed by atoms with Crippen LogP contribution >= 0.6 is 0 Å². The summed E-state index contributed by atoms with van der Waals surface area (Å²) in [6, 6.07) is 4.95. The highest BCUT2D eigenvalue weighted by Gasteiger charge is 2.19. The zero-order valence-electron chi connectivity index (χ0n) is 18.9. The van der Waals surface area contributed by atoms with Gasteiger partial charge < -0.3 is 9.88 Å². The minimum absolute atomic E-state index is 0.0279. The Hall–Kier alpha value is -1.93. The Labute approximate surface area is 180 Å². The van der Waals surface area contributed by atoms with Gasteiger partial charge in [0.1, 0.15) is 5.82 Å². The van der Waals surface area contributed by atoms with Crippen LogP contribution in [0.2, 0.25) is 0 Å². The summed E-state index contributed by atoms with van der Waals surface area (Å²) >= 11 is 0. The summed E-state index contributed by atoms with van der Waals surface area (Å²) in [5, 5.41) is 2.99. The number of nitrogens with one attached hydrogen (secondary N) is 1. The second-order valence-electron chi connectivity index (χ2n) is 8.47. The molecule has 0 saturated heterocycles. The predicted octanol–water partition coefficient (Wildman–Crippen LogP) is 3.48. The Kier molecular flexibility index (Phi) is 8.85. The Morgan fingerprint density at radius 2 is 1.87 bits per heavy atom. The molecule has 1 N–H and O–H groups in total. The van der Waals surface area contributed by atoms with E-state index >= 15 is 0 Å². The lowest BCUT2D eigenvalue weighted by atomic mass is 10.0. The minimum Gasteiger partial charge on any atom is -0.356 e. The number of carbonyl (C=O) groups is 1. The monoisotopic (exact) mass is 436 g/mol. The molecule has 7 nitrogen and oxygen atoms in total. The molecule has 0 saturated carbocycles. The van der Waals surface area contributed by atoms with Gasteiger partial charge in [-0.2, -0.15) is 0 Å². The van der Waals surface area contributed by atoms with E-state index in [4.69, 9.17) is 0 Å². The predicted molar refractivity (Wildman–Crippen MR) is 121 cm³/mol. The van der Waals surface area contributed by atoms with Crippen molar-refractivity contribution < 1.29 is 13.2 Å². The minimum atomic E-state index is -3.50. The van der Waals surface area contributed by atoms with E-state index in [2.05, 4.69) is 24.1 Å². The van der Waals surface area contributed by atoms with Crippen LogP contribution in [0, 0.1) is 5.92 Å². The molecule has 2 aromatic rings. The van der Waals surface area contributed by atoms with E-state index in [0.717, 1.165) is 36.6 Å². The van der Waals surface area contributed by atoms with Crippen LogP contribution in [0.1, 0.15) is 58.2 Å². The highest BCUT2D eigenvalue weighted by molar-refractivity contribution is 7.89. The van der Waals surface area contributed by atoms with Crippen LogP contribution in [0.15, 0.2) is 23.1 Å². The van der Waals surface area contributed by atoms with E-state index < -0.39 is 10.0 Å². The number of carbonyl (C=O) groups excluding carboxylic acids is 1. The van der Waals surface area contributed by atoms with Crippen molar-refractivity contribution in [1.29, 1.82) is 0 Å². The summed E-state index contributed by atoms with van der Waals surface area (Å²) in [6.45, 7) is 5.21. The molecule has 0 atom stereocenters. The number of imidazole rings is 1. The maximum Gasteiger partial charge on any atom is 0.242 e. The molecule has 1 aromatic heterocycles. The first-order valence-electron chi connectivity index (χ1n) is 10.8. The first-order chi connectivity index (χ1) is 14.1. The van der Waals surface area contributed by atoms with Gasteiger partial charge in [-0.15, -0.1) is 0 Å². The van der Waals surface area contributed by atoms with E-state index in [1.807, 2.05) is 11.6 Å². The van der Waals surface area contributed by atoms with Crippen molar-refractivity contribution in [2.75, 3.05) is 20.6 Å². The molecule has 0 fully saturated rings. The third-order valence-electron chi connectivity index (χ3n) is 5.33. The zero-order chi connectivity index (χ0) is 22.3. The van der Waals surface area contributed by atoms with Gasteiger partial charge in [0, 0.05) is 40.5 Å². The molecule has 0 radical (unpaired) electrons. The molecule has 8 heteroatoms. The Morgan fingerprint density at radius 1 is 1.17 bits per heavy atom. The third kappa shape index (κ3) is 6.54. The molecular weight excluding hydrogens is 400 g/mol. The number of unbranched alkanes of at least 4 members (excludes halogenated alkanes) is 3. The van der Waals surface area contributed by atoms with Gasteiger partial charge in [0.2, 0.25) is 15.9 Å². The Balaban J connectivity index is 1.86. The van der Waals surface area contributed by atoms with Crippen molar-refractivity contribution in [3.8, 4) is 0 Å². The van der Waals surface area contributed by atoms with E-state index in [0.29, 0.717) is 18.4 Å². The average Bonchev–Trinajstić information content (AvgIpc) is 3.00. The smallest absolute Gasteiger partial charge is 0.242 e. The number of sulfonamides is 1. The van der Waals surface area contributed by atoms with Crippen LogP contribution in [0.5, 0.6) is 0 Å². The van der Waals surface area contributed by atoms with Gasteiger partial charge in [0.25, 0.3) is 0 Å². The van der Waals surface area contributed by atoms with E-state index in [1.165, 1.54) is 37.7 Å². The summed E-state index contributed by atoms with van der Waals surface area (Å²) in [7, 11) is 1.40. The fourth-order valence-corrected chi connectivity index (χ4v) is 4.32. The van der Waals surface area contributed by atoms with Crippen molar-refractivity contribution in [2.24, 2.45) is 13.0 Å². The molecule has 30 heavy (non-hydrogen) atoms. The van der Waals surface area contributed by atoms with Gasteiger partial charge in [-0.1, -0.05) is 39.5 Å². The molecular formula is C22H36N4O3S. The number of hydrogen-bond acceptors (Lipinski definition) is 4. The summed E-state index contributed by atoms with van der Waals surface area (Å²) in [5.74, 6) is 1.56. The number of nitrogens with zero attached hydrogens (tertiary/aromatic N) is 3. The largest absolute Gasteiger partial charge is 0.356 e. The fourth-order valence-electron chi connectivity index (χ4n) is 3.40. The Bertz CT molecular complexity index is 949. The van der Waals surface area contributed by atoms with Crippen LogP contribution in [-0.2, 0) is 28.3 Å². The molecule has 0 spiro atoms. The lowest BCUT2D eigenvalue weighted by molar-refractivity contribution is -0.121. The van der Waals surface area contributed by atoms with Gasteiger partial charge in [-0.25, -0.2) is 17.7 Å². The lowest BCUT2D eigenvalue weighted by Gasteiger charge is -2.10. The first kappa shape index (κ1) is 24.3. The zero-order valence-corrected chi connectivity index (χ0v) is 19.8. The number of amides is 1. The number of benzene rings is 1. The van der Waals surface area contributed by atoms with Crippen LogP contribution in [0.4, 0.5) is 0 Å². The molecule has 1 heterocycles. The van der Waals surface area contributed by atoms with Crippen molar-refractivity contribution in [2.45, 2.75) is 63.7 Å². The summed E-state index contributed by atoms with van der Waals surface area (Å²) in [6.07, 6.45) is 6.80. The van der Waals surface area contributed by atoms with E-state index in [1.54, 1.807) is 18.2 Å². The number of fused-ring (bicyclic) bond motifs is 1. The molecule has 2 rings (SSSR count). The van der Waals surface area contributed by atoms with Gasteiger partial charge in [-0.3, -0.25) is 4.79 Å². The van der Waals surface area contributed by atoms with Crippen LogP contribution in [0.3, 0.4) is 0 Å². The third-order valence-corrected chi connectivity index (χ3v) is 7.14. The van der Waals surface area contributed by atoms with E-state index in [9.17, 15) is 13.2 Å². The van der Waals surface area contributed by atoms with Crippen LogP contribution in [-0.4, -0.2) is 48.8 Å². The number of hydrogen-bond donors (Lipinski definition) is 1. The topological polar surface area (TPSA) is 84.3 Å². The standard InChI is InChI=1S/C22H36N4O3S/c1-17(2)10-8-6-7-9-15-23-22(27)14-13-21-24-19-16-18(30(28,29)25(3)4)11-12-20(19)26(21)5/h11-12,16-17H,6-10,13-15H2,1-5H3,(H,23,27). The molecule has 168 valence electrons. The highest BCUT2D eigenvalue weighted by Crippen LogP contribution is 2.21. The maximum absolute atomic E-state index is 12.3. The molecule has 0 bridgehead atoms. The Morgan fingerprint density at radius 3 is 2.53 bits per heavy atom. The molecule has 1 amide bonds. The van der Waals surface area contributed by atoms with Crippen molar-refractivity contribution in [1.82, 2.24) is 19.2 Å². The fraction of sp³-hybridized carbons (Fsp3) is 0.636. The van der Waals surface area contributed by atoms with Crippen LogP contribution < -0.4 is 5.32 Å². The van der Waals surface area contributed by atoms with Gasteiger partial charge in [0.15, 0.2) is 0 Å². The van der Waals surface area contributed by atoms with Crippen LogP contribution in [0.25, 0.3) is 11.0 Å². The maximum atomic E-state index is 12.3. The average molecular weight is 437 g/mol. The van der Waals surface area contributed by atoms with Crippen molar-refractivity contribution in [3.63, 3.8) is 0 Å². The SMILES string of the molecule is CC(C)CCCCCCNC(=O)CCc1nc2cc(S(=O)(=O)N(C)C)ccc2n1C. The van der Waals surface area contributed by atoms with Gasteiger partial charge in [0.05, 0.1) is 15.9 Å².